The molecule has 1 aliphatic heterocycles. The number of piperidine rings is 1. The largest absolute Gasteiger partial charge is 0.490 e. The van der Waals surface area contributed by atoms with Gasteiger partial charge in [0.15, 0.2) is 9.84 Å². The number of hydroxylamine groups is 1. The number of benzene rings is 1. The van der Waals surface area contributed by atoms with Gasteiger partial charge in [0.25, 0.3) is 5.91 Å². The standard InChI is InChI=1S/C23H27N3O5S.C2HF3O2/c1-2-3-16-31-20-4-6-21(7-5-20)32(29,30)18-23(22(27)25-28)10-14-26(15-11-23)17-19-8-12-24-13-9-19;3-2(4,5)1(6)7/h4-9,12-13,28H,10-11,14-18H2,1H3,(H,25,27);(H,6,7). The highest BCUT2D eigenvalue weighted by Gasteiger charge is 2.45. The Morgan fingerprint density at radius 2 is 1.69 bits per heavy atom. The highest BCUT2D eigenvalue weighted by molar-refractivity contribution is 7.91. The number of hydrogen-bond donors (Lipinski definition) is 3. The fourth-order valence-electron chi connectivity index (χ4n) is 3.82. The number of alkyl halides is 3. The van der Waals surface area contributed by atoms with E-state index in [-0.39, 0.29) is 17.3 Å². The lowest BCUT2D eigenvalue weighted by molar-refractivity contribution is -0.192. The van der Waals surface area contributed by atoms with E-state index in [1.54, 1.807) is 36.9 Å². The van der Waals surface area contributed by atoms with Crippen LogP contribution in [0, 0.1) is 17.3 Å². The Hall–Kier alpha value is -3.67. The van der Waals surface area contributed by atoms with Crippen molar-refractivity contribution in [3.63, 3.8) is 0 Å². The van der Waals surface area contributed by atoms with E-state index in [1.807, 2.05) is 12.1 Å². The molecule has 1 aromatic carbocycles. The second-order valence-corrected chi connectivity index (χ2v) is 10.6. The first-order valence-corrected chi connectivity index (χ1v) is 13.2. The number of aliphatic carboxylic acids is 1. The number of ether oxygens (including phenoxy) is 1. The third-order valence-corrected chi connectivity index (χ3v) is 7.85. The summed E-state index contributed by atoms with van der Waals surface area (Å²) in [6.45, 7) is 3.70. The molecule has 0 radical (unpaired) electrons. The van der Waals surface area contributed by atoms with Gasteiger partial charge in [-0.15, -0.1) is 5.92 Å². The van der Waals surface area contributed by atoms with Gasteiger partial charge in [0.05, 0.1) is 16.1 Å². The number of likely N-dealkylation sites (tertiary alicyclic amines) is 1. The van der Waals surface area contributed by atoms with Crippen molar-refractivity contribution in [2.45, 2.75) is 37.4 Å². The number of sulfone groups is 1. The van der Waals surface area contributed by atoms with E-state index < -0.39 is 33.3 Å². The van der Waals surface area contributed by atoms with Crippen LogP contribution < -0.4 is 10.2 Å². The number of pyridine rings is 1. The summed E-state index contributed by atoms with van der Waals surface area (Å²) in [5, 5.41) is 16.4. The number of nitrogens with one attached hydrogen (secondary N) is 1. The zero-order valence-electron chi connectivity index (χ0n) is 20.9. The maximum Gasteiger partial charge on any atom is 0.490 e. The summed E-state index contributed by atoms with van der Waals surface area (Å²) in [5.41, 5.74) is 1.58. The Morgan fingerprint density at radius 1 is 1.13 bits per heavy atom. The van der Waals surface area contributed by atoms with E-state index in [4.69, 9.17) is 14.6 Å². The minimum Gasteiger partial charge on any atom is -0.481 e. The number of rotatable bonds is 8. The maximum absolute atomic E-state index is 13.1. The van der Waals surface area contributed by atoms with Gasteiger partial charge in [-0.1, -0.05) is 5.92 Å². The molecule has 3 rings (SSSR count). The molecule has 1 aromatic heterocycles. The Kier molecular flexibility index (Phi) is 11.3. The van der Waals surface area contributed by atoms with Crippen molar-refractivity contribution in [3.8, 4) is 17.6 Å². The van der Waals surface area contributed by atoms with Crippen LogP contribution in [0.2, 0.25) is 0 Å². The first-order valence-electron chi connectivity index (χ1n) is 11.5. The molecule has 0 aliphatic carbocycles. The molecule has 2 aromatic rings. The lowest BCUT2D eigenvalue weighted by atomic mass is 9.79. The summed E-state index contributed by atoms with van der Waals surface area (Å²) in [7, 11) is -3.77. The summed E-state index contributed by atoms with van der Waals surface area (Å²) in [6.07, 6.45) is -0.993. The van der Waals surface area contributed by atoms with E-state index in [0.29, 0.717) is 38.2 Å². The molecule has 2 heterocycles. The zero-order valence-corrected chi connectivity index (χ0v) is 21.8. The predicted molar refractivity (Wildman–Crippen MR) is 132 cm³/mol. The summed E-state index contributed by atoms with van der Waals surface area (Å²) in [6, 6.07) is 9.92. The fraction of sp³-hybridized carbons (Fsp3) is 0.400. The van der Waals surface area contributed by atoms with Gasteiger partial charge in [0, 0.05) is 18.9 Å². The Balaban J connectivity index is 0.000000673. The number of carbonyl (C=O) groups is 2. The van der Waals surface area contributed by atoms with Crippen molar-refractivity contribution >= 4 is 21.7 Å². The number of amides is 1. The molecule has 10 nitrogen and oxygen atoms in total. The molecule has 0 atom stereocenters. The van der Waals surface area contributed by atoms with Gasteiger partial charge in [0.1, 0.15) is 12.4 Å². The second kappa shape index (κ2) is 13.9. The van der Waals surface area contributed by atoms with Gasteiger partial charge >= 0.3 is 12.1 Å². The summed E-state index contributed by atoms with van der Waals surface area (Å²) >= 11 is 0. The van der Waals surface area contributed by atoms with E-state index >= 15 is 0 Å². The molecular weight excluding hydrogens is 543 g/mol. The van der Waals surface area contributed by atoms with Crippen LogP contribution in [0.25, 0.3) is 0 Å². The Morgan fingerprint density at radius 3 is 2.18 bits per heavy atom. The van der Waals surface area contributed by atoms with E-state index in [9.17, 15) is 31.6 Å². The lowest BCUT2D eigenvalue weighted by Crippen LogP contribution is -2.51. The Bertz CT molecular complexity index is 1270. The number of nitrogens with zero attached hydrogens (tertiary/aromatic N) is 2. The highest BCUT2D eigenvalue weighted by Crippen LogP contribution is 2.36. The summed E-state index contributed by atoms with van der Waals surface area (Å²) in [4.78, 5) is 27.8. The molecule has 1 fully saturated rings. The topological polar surface area (TPSA) is 146 Å². The third-order valence-electron chi connectivity index (χ3n) is 5.93. The maximum atomic E-state index is 13.1. The van der Waals surface area contributed by atoms with Crippen molar-refractivity contribution in [3.05, 3.63) is 54.4 Å². The summed E-state index contributed by atoms with van der Waals surface area (Å²) in [5.74, 6) is 2.21. The number of carboxylic acids is 1. The van der Waals surface area contributed by atoms with E-state index in [0.717, 1.165) is 5.56 Å². The number of carboxylic acid groups (broad SMARTS) is 1. The zero-order chi connectivity index (χ0) is 29.1. The molecule has 39 heavy (non-hydrogen) atoms. The van der Waals surface area contributed by atoms with Gasteiger partial charge in [-0.3, -0.25) is 19.9 Å². The van der Waals surface area contributed by atoms with Crippen LogP contribution in [-0.2, 0) is 26.0 Å². The SMILES string of the molecule is CC#CCOc1ccc(S(=O)(=O)CC2(C(=O)NO)CCN(Cc3ccncc3)CC2)cc1.O=C(O)C(F)(F)F. The Labute approximate surface area is 223 Å². The quantitative estimate of drug-likeness (QED) is 0.247. The predicted octanol–water partition coefficient (Wildman–Crippen LogP) is 2.68. The average molecular weight is 572 g/mol. The van der Waals surface area contributed by atoms with Crippen LogP contribution in [0.5, 0.6) is 5.75 Å². The molecule has 0 spiro atoms. The number of halogens is 3. The van der Waals surface area contributed by atoms with Crippen LogP contribution in [0.15, 0.2) is 53.7 Å². The third kappa shape index (κ3) is 9.54. The molecular formula is C25H28F3N3O7S. The normalized spacial score (nSPS) is 15.1. The molecule has 1 saturated heterocycles. The van der Waals surface area contributed by atoms with E-state index in [2.05, 4.69) is 21.7 Å². The first kappa shape index (κ1) is 31.5. The van der Waals surface area contributed by atoms with Gasteiger partial charge in [-0.2, -0.15) is 13.2 Å². The average Bonchev–Trinajstić information content (AvgIpc) is 2.90. The van der Waals surface area contributed by atoms with Crippen LogP contribution in [0.1, 0.15) is 25.3 Å². The highest BCUT2D eigenvalue weighted by atomic mass is 32.2. The second-order valence-electron chi connectivity index (χ2n) is 8.60. The number of carbonyl (C=O) groups excluding carboxylic acids is 1. The van der Waals surface area contributed by atoms with Crippen molar-refractivity contribution in [2.24, 2.45) is 5.41 Å². The molecule has 212 valence electrons. The van der Waals surface area contributed by atoms with Crippen molar-refractivity contribution in [1.82, 2.24) is 15.4 Å². The molecule has 1 amide bonds. The fourth-order valence-corrected chi connectivity index (χ4v) is 5.69. The molecule has 14 heteroatoms. The van der Waals surface area contributed by atoms with Gasteiger partial charge < -0.3 is 9.84 Å². The summed E-state index contributed by atoms with van der Waals surface area (Å²) < 4.78 is 63.4. The lowest BCUT2D eigenvalue weighted by Gasteiger charge is -2.39. The van der Waals surface area contributed by atoms with Crippen molar-refractivity contribution in [2.75, 3.05) is 25.4 Å². The van der Waals surface area contributed by atoms with Gasteiger partial charge in [-0.25, -0.2) is 18.7 Å². The smallest absolute Gasteiger partial charge is 0.481 e. The minimum atomic E-state index is -5.08. The van der Waals surface area contributed by atoms with Crippen molar-refractivity contribution in [1.29, 1.82) is 0 Å². The van der Waals surface area contributed by atoms with Crippen molar-refractivity contribution < 1.29 is 46.2 Å². The van der Waals surface area contributed by atoms with Crippen LogP contribution >= 0.6 is 0 Å². The van der Waals surface area contributed by atoms with Gasteiger partial charge in [-0.05, 0) is 74.8 Å². The number of aromatic nitrogens is 1. The van der Waals surface area contributed by atoms with E-state index in [1.165, 1.54) is 12.1 Å². The molecule has 3 N–H and O–H groups in total. The number of hydrogen-bond acceptors (Lipinski definition) is 8. The van der Waals surface area contributed by atoms with Gasteiger partial charge in [0.2, 0.25) is 0 Å². The van der Waals surface area contributed by atoms with Crippen LogP contribution in [0.4, 0.5) is 13.2 Å². The minimum absolute atomic E-state index is 0.107. The molecule has 1 aliphatic rings. The molecule has 0 bridgehead atoms. The molecule has 0 saturated carbocycles. The van der Waals surface area contributed by atoms with Crippen LogP contribution in [-0.4, -0.2) is 72.1 Å². The molecule has 0 unspecified atom stereocenters. The monoisotopic (exact) mass is 571 g/mol. The van der Waals surface area contributed by atoms with Crippen LogP contribution in [0.3, 0.4) is 0 Å². The first-order chi connectivity index (χ1) is 18.3.